The summed E-state index contributed by atoms with van der Waals surface area (Å²) in [6.45, 7) is 0. The first kappa shape index (κ1) is 9.45. The van der Waals surface area contributed by atoms with Crippen molar-refractivity contribution < 1.29 is 13.2 Å². The molecule has 76 valence electrons. The highest BCUT2D eigenvalue weighted by Crippen LogP contribution is 2.40. The van der Waals surface area contributed by atoms with Crippen LogP contribution in [0.15, 0.2) is 6.20 Å². The Hall–Kier alpha value is -1.10. The average Bonchev–Trinajstić information content (AvgIpc) is 2.95. The molecule has 1 aromatic rings. The molecule has 1 heterocycles. The zero-order valence-electron chi connectivity index (χ0n) is 7.30. The molecule has 1 aliphatic rings. The maximum absolute atomic E-state index is 13.1. The van der Waals surface area contributed by atoms with E-state index in [4.69, 9.17) is 5.73 Å². The molecule has 2 rings (SSSR count). The molecule has 0 saturated heterocycles. The standard InChI is InChI=1S/C9H9F3N2/c10-5-3-14-9(12)7(11)6(5)8(13)4-1-2-4/h3-4,8H,1-2,13H2. The fourth-order valence-corrected chi connectivity index (χ4v) is 1.45. The molecule has 2 N–H and O–H groups in total. The van der Waals surface area contributed by atoms with Crippen LogP contribution in [0.5, 0.6) is 0 Å². The van der Waals surface area contributed by atoms with E-state index in [1.165, 1.54) is 0 Å². The van der Waals surface area contributed by atoms with Gasteiger partial charge >= 0.3 is 0 Å². The summed E-state index contributed by atoms with van der Waals surface area (Å²) < 4.78 is 39.0. The third-order valence-corrected chi connectivity index (χ3v) is 2.43. The fourth-order valence-electron chi connectivity index (χ4n) is 1.45. The van der Waals surface area contributed by atoms with Gasteiger partial charge in [0, 0.05) is 11.6 Å². The lowest BCUT2D eigenvalue weighted by atomic mass is 10.0. The number of nitrogens with two attached hydrogens (primary N) is 1. The lowest BCUT2D eigenvalue weighted by Gasteiger charge is -2.12. The number of aromatic nitrogens is 1. The summed E-state index contributed by atoms with van der Waals surface area (Å²) in [6, 6.07) is -0.757. The van der Waals surface area contributed by atoms with E-state index in [1.807, 2.05) is 0 Å². The van der Waals surface area contributed by atoms with Crippen molar-refractivity contribution in [3.05, 3.63) is 29.3 Å². The van der Waals surface area contributed by atoms with Crippen LogP contribution in [-0.4, -0.2) is 4.98 Å². The number of pyridine rings is 1. The van der Waals surface area contributed by atoms with E-state index < -0.39 is 23.6 Å². The second kappa shape index (κ2) is 3.24. The summed E-state index contributed by atoms with van der Waals surface area (Å²) in [5.41, 5.74) is 5.22. The monoisotopic (exact) mass is 202 g/mol. The van der Waals surface area contributed by atoms with Crippen LogP contribution >= 0.6 is 0 Å². The van der Waals surface area contributed by atoms with Crippen LogP contribution in [-0.2, 0) is 0 Å². The lowest BCUT2D eigenvalue weighted by molar-refractivity contribution is 0.431. The summed E-state index contributed by atoms with van der Waals surface area (Å²) in [5, 5.41) is 0. The van der Waals surface area contributed by atoms with E-state index in [1.54, 1.807) is 0 Å². The van der Waals surface area contributed by atoms with Gasteiger partial charge in [-0.05, 0) is 18.8 Å². The Kier molecular flexibility index (Phi) is 2.19. The molecule has 5 heteroatoms. The molecule has 1 atom stereocenters. The van der Waals surface area contributed by atoms with E-state index in [-0.39, 0.29) is 11.5 Å². The fraction of sp³-hybridized carbons (Fsp3) is 0.444. The highest BCUT2D eigenvalue weighted by atomic mass is 19.2. The molecule has 1 unspecified atom stereocenters. The molecule has 0 amide bonds. The zero-order valence-corrected chi connectivity index (χ0v) is 7.30. The van der Waals surface area contributed by atoms with Crippen LogP contribution in [0.4, 0.5) is 13.2 Å². The molecule has 1 saturated carbocycles. The highest BCUT2D eigenvalue weighted by molar-refractivity contribution is 5.22. The lowest BCUT2D eigenvalue weighted by Crippen LogP contribution is -2.17. The topological polar surface area (TPSA) is 38.9 Å². The van der Waals surface area contributed by atoms with E-state index in [2.05, 4.69) is 4.98 Å². The number of rotatable bonds is 2. The number of hydrogen-bond donors (Lipinski definition) is 1. The van der Waals surface area contributed by atoms with Crippen LogP contribution < -0.4 is 5.73 Å². The molecule has 2 nitrogen and oxygen atoms in total. The molecule has 14 heavy (non-hydrogen) atoms. The molecule has 1 aromatic heterocycles. The van der Waals surface area contributed by atoms with Crippen molar-refractivity contribution >= 4 is 0 Å². The first-order valence-corrected chi connectivity index (χ1v) is 4.36. The smallest absolute Gasteiger partial charge is 0.249 e. The molecular weight excluding hydrogens is 193 g/mol. The zero-order chi connectivity index (χ0) is 10.3. The number of hydrogen-bond acceptors (Lipinski definition) is 2. The van der Waals surface area contributed by atoms with Crippen molar-refractivity contribution in [2.24, 2.45) is 11.7 Å². The van der Waals surface area contributed by atoms with E-state index >= 15 is 0 Å². The van der Waals surface area contributed by atoms with Crippen molar-refractivity contribution in [2.45, 2.75) is 18.9 Å². The number of halogens is 3. The normalized spacial score (nSPS) is 18.3. The largest absolute Gasteiger partial charge is 0.324 e. The Morgan fingerprint density at radius 3 is 2.57 bits per heavy atom. The van der Waals surface area contributed by atoms with E-state index in [0.717, 1.165) is 12.8 Å². The second-order valence-electron chi connectivity index (χ2n) is 3.49. The van der Waals surface area contributed by atoms with Gasteiger partial charge in [-0.15, -0.1) is 0 Å². The predicted molar refractivity (Wildman–Crippen MR) is 43.8 cm³/mol. The Morgan fingerprint density at radius 2 is 2.00 bits per heavy atom. The molecule has 0 radical (unpaired) electrons. The summed E-state index contributed by atoms with van der Waals surface area (Å²) in [4.78, 5) is 2.93. The third kappa shape index (κ3) is 1.48. The third-order valence-electron chi connectivity index (χ3n) is 2.43. The summed E-state index contributed by atoms with van der Waals surface area (Å²) in [7, 11) is 0. The summed E-state index contributed by atoms with van der Waals surface area (Å²) in [6.07, 6.45) is 2.34. The van der Waals surface area contributed by atoms with Gasteiger partial charge in [0.25, 0.3) is 0 Å². The van der Waals surface area contributed by atoms with Crippen molar-refractivity contribution in [3.8, 4) is 0 Å². The molecule has 0 aliphatic heterocycles. The maximum atomic E-state index is 13.1. The molecule has 0 bridgehead atoms. The molecular formula is C9H9F3N2. The van der Waals surface area contributed by atoms with Crippen LogP contribution in [0.3, 0.4) is 0 Å². The van der Waals surface area contributed by atoms with Gasteiger partial charge in [0.05, 0.1) is 6.20 Å². The average molecular weight is 202 g/mol. The van der Waals surface area contributed by atoms with Gasteiger partial charge in [-0.1, -0.05) is 0 Å². The van der Waals surface area contributed by atoms with Gasteiger partial charge in [0.1, 0.15) is 5.82 Å². The van der Waals surface area contributed by atoms with Crippen molar-refractivity contribution in [2.75, 3.05) is 0 Å². The molecule has 0 aromatic carbocycles. The minimum atomic E-state index is -1.29. The second-order valence-corrected chi connectivity index (χ2v) is 3.49. The van der Waals surface area contributed by atoms with Gasteiger partial charge in [0.15, 0.2) is 5.82 Å². The SMILES string of the molecule is NC(c1c(F)cnc(F)c1F)C1CC1. The first-order chi connectivity index (χ1) is 6.61. The van der Waals surface area contributed by atoms with Gasteiger partial charge in [0.2, 0.25) is 5.95 Å². The van der Waals surface area contributed by atoms with E-state index in [9.17, 15) is 13.2 Å². The van der Waals surface area contributed by atoms with Gasteiger partial charge in [-0.25, -0.2) is 13.8 Å². The van der Waals surface area contributed by atoms with Crippen molar-refractivity contribution in [3.63, 3.8) is 0 Å². The number of nitrogens with zero attached hydrogens (tertiary/aromatic N) is 1. The van der Waals surface area contributed by atoms with Crippen LogP contribution in [0.2, 0.25) is 0 Å². The Balaban J connectivity index is 2.43. The summed E-state index contributed by atoms with van der Waals surface area (Å²) in [5.74, 6) is -3.36. The predicted octanol–water partition coefficient (Wildman–Crippen LogP) is 1.91. The minimum Gasteiger partial charge on any atom is -0.324 e. The van der Waals surface area contributed by atoms with Crippen molar-refractivity contribution in [1.29, 1.82) is 0 Å². The molecule has 1 aliphatic carbocycles. The Labute approximate surface area is 78.9 Å². The van der Waals surface area contributed by atoms with Crippen molar-refractivity contribution in [1.82, 2.24) is 4.98 Å². The van der Waals surface area contributed by atoms with Gasteiger partial charge < -0.3 is 5.73 Å². The van der Waals surface area contributed by atoms with E-state index in [0.29, 0.717) is 6.20 Å². The maximum Gasteiger partial charge on any atom is 0.249 e. The van der Waals surface area contributed by atoms with Crippen LogP contribution in [0, 0.1) is 23.5 Å². The highest BCUT2D eigenvalue weighted by Gasteiger charge is 2.34. The molecule has 1 fully saturated rings. The Morgan fingerprint density at radius 1 is 1.36 bits per heavy atom. The van der Waals surface area contributed by atoms with Crippen LogP contribution in [0.25, 0.3) is 0 Å². The van der Waals surface area contributed by atoms with Crippen LogP contribution in [0.1, 0.15) is 24.4 Å². The van der Waals surface area contributed by atoms with Gasteiger partial charge in [-0.2, -0.15) is 4.39 Å². The molecule has 0 spiro atoms. The van der Waals surface area contributed by atoms with Gasteiger partial charge in [-0.3, -0.25) is 0 Å². The first-order valence-electron chi connectivity index (χ1n) is 4.36. The minimum absolute atomic E-state index is 0.0702. The quantitative estimate of drug-likeness (QED) is 0.744. The Bertz CT molecular complexity index is 363. The summed E-state index contributed by atoms with van der Waals surface area (Å²) >= 11 is 0.